The second-order valence-corrected chi connectivity index (χ2v) is 7.58. The summed E-state index contributed by atoms with van der Waals surface area (Å²) in [4.78, 5) is 31.2. The van der Waals surface area contributed by atoms with Crippen molar-refractivity contribution in [3.05, 3.63) is 53.9 Å². The molecule has 6 nitrogen and oxygen atoms in total. The van der Waals surface area contributed by atoms with Crippen LogP contribution in [0.4, 0.5) is 11.4 Å². The lowest BCUT2D eigenvalue weighted by atomic mass is 10.1. The number of aromatic nitrogens is 1. The molecular formula is C21H25ClN4O2. The summed E-state index contributed by atoms with van der Waals surface area (Å²) in [5.74, 6) is -0.478. The van der Waals surface area contributed by atoms with E-state index in [1.807, 2.05) is 24.3 Å². The van der Waals surface area contributed by atoms with Crippen LogP contribution in [0.15, 0.2) is 42.7 Å². The van der Waals surface area contributed by atoms with Crippen molar-refractivity contribution in [1.82, 2.24) is 10.3 Å². The smallest absolute Gasteiger partial charge is 0.253 e. The molecule has 0 bridgehead atoms. The maximum Gasteiger partial charge on any atom is 0.253 e. The summed E-state index contributed by atoms with van der Waals surface area (Å²) in [7, 11) is 0. The van der Waals surface area contributed by atoms with Gasteiger partial charge in [-0.15, -0.1) is 11.6 Å². The quantitative estimate of drug-likeness (QED) is 0.727. The van der Waals surface area contributed by atoms with Gasteiger partial charge in [0.25, 0.3) is 5.91 Å². The van der Waals surface area contributed by atoms with Gasteiger partial charge in [0.15, 0.2) is 0 Å². The molecule has 0 saturated carbocycles. The Hall–Kier alpha value is -2.60. The van der Waals surface area contributed by atoms with Crippen LogP contribution in [-0.2, 0) is 11.3 Å². The number of hydrogen-bond acceptors (Lipinski definition) is 4. The first-order valence-electron chi connectivity index (χ1n) is 9.55. The summed E-state index contributed by atoms with van der Waals surface area (Å²) in [6.45, 7) is 3.85. The van der Waals surface area contributed by atoms with E-state index in [4.69, 9.17) is 11.6 Å². The van der Waals surface area contributed by atoms with E-state index in [0.29, 0.717) is 17.8 Å². The van der Waals surface area contributed by atoms with E-state index in [9.17, 15) is 9.59 Å². The van der Waals surface area contributed by atoms with Crippen LogP contribution in [0.3, 0.4) is 0 Å². The average molecular weight is 401 g/mol. The topological polar surface area (TPSA) is 74.3 Å². The number of pyridine rings is 1. The number of nitrogens with one attached hydrogen (secondary N) is 2. The number of carbonyl (C=O) groups is 2. The van der Waals surface area contributed by atoms with Gasteiger partial charge in [-0.1, -0.05) is 6.07 Å². The van der Waals surface area contributed by atoms with Gasteiger partial charge in [0, 0.05) is 43.4 Å². The van der Waals surface area contributed by atoms with Gasteiger partial charge in [-0.3, -0.25) is 14.6 Å². The molecule has 28 heavy (non-hydrogen) atoms. The molecule has 1 atom stereocenters. The fraction of sp³-hybridized carbons (Fsp3) is 0.381. The minimum Gasteiger partial charge on any atom is -0.371 e. The monoisotopic (exact) mass is 400 g/mol. The molecule has 1 aliphatic rings. The van der Waals surface area contributed by atoms with Crippen LogP contribution in [0, 0.1) is 0 Å². The van der Waals surface area contributed by atoms with E-state index in [1.54, 1.807) is 25.4 Å². The molecule has 2 amide bonds. The van der Waals surface area contributed by atoms with Gasteiger partial charge < -0.3 is 15.5 Å². The summed E-state index contributed by atoms with van der Waals surface area (Å²) < 4.78 is 0. The lowest BCUT2D eigenvalue weighted by Gasteiger charge is -2.30. The van der Waals surface area contributed by atoms with E-state index in [2.05, 4.69) is 20.5 Å². The van der Waals surface area contributed by atoms with E-state index in [0.717, 1.165) is 37.2 Å². The first-order chi connectivity index (χ1) is 13.5. The first kappa shape index (κ1) is 20.1. The molecule has 1 aromatic heterocycles. The molecule has 1 saturated heterocycles. The highest BCUT2D eigenvalue weighted by molar-refractivity contribution is 6.32. The van der Waals surface area contributed by atoms with Crippen molar-refractivity contribution in [2.75, 3.05) is 23.3 Å². The van der Waals surface area contributed by atoms with Gasteiger partial charge in [-0.25, -0.2) is 0 Å². The summed E-state index contributed by atoms with van der Waals surface area (Å²) in [6.07, 6.45) is 6.85. The van der Waals surface area contributed by atoms with Gasteiger partial charge >= 0.3 is 0 Å². The lowest BCUT2D eigenvalue weighted by molar-refractivity contribution is -0.115. The van der Waals surface area contributed by atoms with Gasteiger partial charge in [0.05, 0.1) is 5.56 Å². The van der Waals surface area contributed by atoms with Crippen molar-refractivity contribution in [1.29, 1.82) is 0 Å². The van der Waals surface area contributed by atoms with Crippen LogP contribution in [0.2, 0.25) is 0 Å². The molecule has 0 spiro atoms. The Kier molecular flexibility index (Phi) is 6.87. The van der Waals surface area contributed by atoms with Crippen molar-refractivity contribution >= 4 is 34.8 Å². The molecule has 1 fully saturated rings. The fourth-order valence-electron chi connectivity index (χ4n) is 3.23. The summed E-state index contributed by atoms with van der Waals surface area (Å²) >= 11 is 5.85. The predicted molar refractivity (Wildman–Crippen MR) is 112 cm³/mol. The fourth-order valence-corrected chi connectivity index (χ4v) is 3.28. The minimum atomic E-state index is -0.648. The Morgan fingerprint density at radius 3 is 2.68 bits per heavy atom. The van der Waals surface area contributed by atoms with Gasteiger partial charge in [0.2, 0.25) is 5.91 Å². The molecule has 0 unspecified atom stereocenters. The summed E-state index contributed by atoms with van der Waals surface area (Å²) in [5.41, 5.74) is 2.92. The number of hydrogen-bond donors (Lipinski definition) is 2. The molecule has 2 heterocycles. The van der Waals surface area contributed by atoms with Crippen LogP contribution in [0.5, 0.6) is 0 Å². The minimum absolute atomic E-state index is 0.181. The Morgan fingerprint density at radius 1 is 1.21 bits per heavy atom. The summed E-state index contributed by atoms with van der Waals surface area (Å²) in [6, 6.07) is 9.19. The first-order valence-corrected chi connectivity index (χ1v) is 9.99. The van der Waals surface area contributed by atoms with Crippen molar-refractivity contribution in [3.63, 3.8) is 0 Å². The predicted octanol–water partition coefficient (Wildman–Crippen LogP) is 3.57. The molecule has 0 radical (unpaired) electrons. The third-order valence-electron chi connectivity index (χ3n) is 4.74. The van der Waals surface area contributed by atoms with Crippen molar-refractivity contribution < 1.29 is 9.59 Å². The largest absolute Gasteiger partial charge is 0.371 e. The molecule has 2 N–H and O–H groups in total. The van der Waals surface area contributed by atoms with Crippen LogP contribution >= 0.6 is 11.6 Å². The number of benzene rings is 1. The van der Waals surface area contributed by atoms with Crippen LogP contribution < -0.4 is 15.5 Å². The summed E-state index contributed by atoms with van der Waals surface area (Å²) in [5, 5.41) is 5.07. The van der Waals surface area contributed by atoms with E-state index in [-0.39, 0.29) is 11.8 Å². The standard InChI is InChI=1S/C21H25ClN4O2/c1-15(22)20(27)25-17-7-8-19(26-10-3-2-4-11-26)18(12-17)21(28)24-14-16-6-5-9-23-13-16/h5-9,12-13,15H,2-4,10-11,14H2,1H3,(H,24,28)(H,25,27)/t15-/m1/s1. The number of alkyl halides is 1. The third kappa shape index (κ3) is 5.23. The van der Waals surface area contributed by atoms with Gasteiger partial charge in [0.1, 0.15) is 5.38 Å². The number of carbonyl (C=O) groups excluding carboxylic acids is 2. The number of amides is 2. The van der Waals surface area contributed by atoms with Crippen molar-refractivity contribution in [2.24, 2.45) is 0 Å². The number of piperidine rings is 1. The normalized spacial score (nSPS) is 15.0. The van der Waals surface area contributed by atoms with E-state index in [1.165, 1.54) is 6.42 Å². The van der Waals surface area contributed by atoms with E-state index < -0.39 is 5.38 Å². The molecule has 1 aliphatic heterocycles. The van der Waals surface area contributed by atoms with Crippen molar-refractivity contribution in [2.45, 2.75) is 38.1 Å². The highest BCUT2D eigenvalue weighted by Gasteiger charge is 2.20. The second kappa shape index (κ2) is 9.55. The number of nitrogens with zero attached hydrogens (tertiary/aromatic N) is 2. The van der Waals surface area contributed by atoms with Crippen LogP contribution in [0.25, 0.3) is 0 Å². The van der Waals surface area contributed by atoms with E-state index >= 15 is 0 Å². The lowest BCUT2D eigenvalue weighted by Crippen LogP contribution is -2.33. The Morgan fingerprint density at radius 2 is 2.00 bits per heavy atom. The highest BCUT2D eigenvalue weighted by Crippen LogP contribution is 2.27. The second-order valence-electron chi connectivity index (χ2n) is 6.93. The third-order valence-corrected chi connectivity index (χ3v) is 4.94. The maximum atomic E-state index is 13.0. The Bertz CT molecular complexity index is 820. The van der Waals surface area contributed by atoms with Crippen LogP contribution in [-0.4, -0.2) is 35.3 Å². The highest BCUT2D eigenvalue weighted by atomic mass is 35.5. The average Bonchev–Trinajstić information content (AvgIpc) is 2.73. The number of anilines is 2. The molecule has 0 aliphatic carbocycles. The molecule has 3 rings (SSSR count). The molecule has 148 valence electrons. The van der Waals surface area contributed by atoms with Gasteiger partial charge in [-0.05, 0) is 56.0 Å². The zero-order chi connectivity index (χ0) is 19.9. The molecule has 2 aromatic rings. The molecule has 1 aromatic carbocycles. The maximum absolute atomic E-state index is 13.0. The zero-order valence-corrected chi connectivity index (χ0v) is 16.7. The van der Waals surface area contributed by atoms with Crippen molar-refractivity contribution in [3.8, 4) is 0 Å². The Balaban J connectivity index is 1.82. The van der Waals surface area contributed by atoms with Crippen LogP contribution in [0.1, 0.15) is 42.1 Å². The molecule has 7 heteroatoms. The number of halogens is 1. The number of rotatable bonds is 6. The molecular weight excluding hydrogens is 376 g/mol. The SMILES string of the molecule is C[C@@H](Cl)C(=O)Nc1ccc(N2CCCCC2)c(C(=O)NCc2cccnc2)c1. The zero-order valence-electron chi connectivity index (χ0n) is 16.0. The Labute approximate surface area is 170 Å². The van der Waals surface area contributed by atoms with Gasteiger partial charge in [-0.2, -0.15) is 0 Å².